The molecule has 1 aromatic rings. The topological polar surface area (TPSA) is 99.9 Å². The van der Waals surface area contributed by atoms with Crippen LogP contribution in [0, 0.1) is 5.82 Å². The maximum absolute atomic E-state index is 13.9. The SMILES string of the molecule is CC(C)(C)OC(=O)NCC(=Cc1cc(F)ccc1C(N)=O)B1OC(C)(C)C(C)(C)O1. The van der Waals surface area contributed by atoms with Gasteiger partial charge in [-0.25, -0.2) is 9.18 Å². The average Bonchev–Trinajstić information content (AvgIpc) is 2.77. The van der Waals surface area contributed by atoms with Crippen LogP contribution in [0.25, 0.3) is 6.08 Å². The molecule has 164 valence electrons. The standard InChI is InChI=1S/C21H30BFN2O5/c1-19(2,3)28-18(27)25-12-14(22-29-20(4,5)21(6,7)30-22)10-13-11-15(23)8-9-16(13)17(24)26/h8-11H,12H2,1-7H3,(H2,24,26)(H,25,27). The summed E-state index contributed by atoms with van der Waals surface area (Å²) < 4.78 is 31.3. The molecule has 1 saturated heterocycles. The molecule has 0 radical (unpaired) electrons. The number of carbonyl (C=O) groups is 2. The number of nitrogens with two attached hydrogens (primary N) is 1. The predicted molar refractivity (Wildman–Crippen MR) is 113 cm³/mol. The Morgan fingerprint density at radius 3 is 2.27 bits per heavy atom. The molecule has 30 heavy (non-hydrogen) atoms. The van der Waals surface area contributed by atoms with Gasteiger partial charge in [-0.15, -0.1) is 0 Å². The summed E-state index contributed by atoms with van der Waals surface area (Å²) in [7, 11) is -0.825. The zero-order valence-corrected chi connectivity index (χ0v) is 18.6. The zero-order valence-electron chi connectivity index (χ0n) is 18.6. The smallest absolute Gasteiger partial charge is 0.444 e. The molecular weight excluding hydrogens is 390 g/mol. The van der Waals surface area contributed by atoms with Crippen LogP contribution in [0.3, 0.4) is 0 Å². The summed E-state index contributed by atoms with van der Waals surface area (Å²) in [5, 5.41) is 2.66. The molecule has 1 fully saturated rings. The van der Waals surface area contributed by atoms with Gasteiger partial charge < -0.3 is 25.1 Å². The summed E-state index contributed by atoms with van der Waals surface area (Å²) in [5.74, 6) is -1.23. The minimum Gasteiger partial charge on any atom is -0.444 e. The fourth-order valence-corrected chi connectivity index (χ4v) is 2.76. The number of benzene rings is 1. The summed E-state index contributed by atoms with van der Waals surface area (Å²) in [5.41, 5.74) is 4.39. The van der Waals surface area contributed by atoms with Crippen molar-refractivity contribution < 1.29 is 28.0 Å². The van der Waals surface area contributed by atoms with Crippen molar-refractivity contribution in [2.24, 2.45) is 5.73 Å². The van der Waals surface area contributed by atoms with E-state index in [1.807, 2.05) is 27.7 Å². The van der Waals surface area contributed by atoms with Gasteiger partial charge in [-0.1, -0.05) is 6.08 Å². The number of hydrogen-bond acceptors (Lipinski definition) is 5. The van der Waals surface area contributed by atoms with Crippen LogP contribution in [0.1, 0.15) is 64.4 Å². The lowest BCUT2D eigenvalue weighted by atomic mass is 9.76. The zero-order chi connectivity index (χ0) is 22.9. The molecule has 1 heterocycles. The molecule has 3 N–H and O–H groups in total. The molecule has 0 bridgehead atoms. The van der Waals surface area contributed by atoms with E-state index >= 15 is 0 Å². The molecule has 0 spiro atoms. The Balaban J connectivity index is 2.40. The number of hydrogen-bond donors (Lipinski definition) is 2. The lowest BCUT2D eigenvalue weighted by Gasteiger charge is -2.32. The highest BCUT2D eigenvalue weighted by Crippen LogP contribution is 2.38. The van der Waals surface area contributed by atoms with Gasteiger partial charge in [0.15, 0.2) is 0 Å². The van der Waals surface area contributed by atoms with Gasteiger partial charge in [-0.05, 0) is 77.7 Å². The molecule has 1 aliphatic rings. The molecule has 0 aromatic heterocycles. The van der Waals surface area contributed by atoms with E-state index in [2.05, 4.69) is 5.32 Å². The fraction of sp³-hybridized carbons (Fsp3) is 0.524. The Kier molecular flexibility index (Phi) is 6.68. The number of amides is 2. The Hall–Kier alpha value is -2.39. The number of primary amides is 1. The van der Waals surface area contributed by atoms with Gasteiger partial charge in [0.1, 0.15) is 11.4 Å². The highest BCUT2D eigenvalue weighted by Gasteiger charge is 2.52. The largest absolute Gasteiger partial charge is 0.492 e. The first kappa shape index (κ1) is 23.9. The summed E-state index contributed by atoms with van der Waals surface area (Å²) >= 11 is 0. The molecular formula is C21H30BFN2O5. The fourth-order valence-electron chi connectivity index (χ4n) is 2.76. The van der Waals surface area contributed by atoms with Gasteiger partial charge in [-0.3, -0.25) is 4.79 Å². The second-order valence-electron chi connectivity index (χ2n) is 9.26. The lowest BCUT2D eigenvalue weighted by Crippen LogP contribution is -2.41. The summed E-state index contributed by atoms with van der Waals surface area (Å²) in [6, 6.07) is 3.66. The highest BCUT2D eigenvalue weighted by atomic mass is 19.1. The van der Waals surface area contributed by atoms with Gasteiger partial charge in [-0.2, -0.15) is 0 Å². The van der Waals surface area contributed by atoms with Gasteiger partial charge in [0.2, 0.25) is 5.91 Å². The molecule has 2 rings (SSSR count). The third kappa shape index (κ3) is 5.83. The van der Waals surface area contributed by atoms with Crippen molar-refractivity contribution >= 4 is 25.2 Å². The number of rotatable bonds is 5. The monoisotopic (exact) mass is 420 g/mol. The average molecular weight is 420 g/mol. The number of halogens is 1. The number of carbonyl (C=O) groups excluding carboxylic acids is 2. The highest BCUT2D eigenvalue weighted by molar-refractivity contribution is 6.56. The van der Waals surface area contributed by atoms with Gasteiger partial charge >= 0.3 is 13.2 Å². The van der Waals surface area contributed by atoms with E-state index in [0.29, 0.717) is 5.47 Å². The number of ether oxygens (including phenoxy) is 1. The number of alkyl carbamates (subject to hydrolysis) is 1. The van der Waals surface area contributed by atoms with Crippen LogP contribution >= 0.6 is 0 Å². The second-order valence-corrected chi connectivity index (χ2v) is 9.26. The summed E-state index contributed by atoms with van der Waals surface area (Å²) in [6.45, 7) is 12.8. The van der Waals surface area contributed by atoms with E-state index in [1.54, 1.807) is 26.8 Å². The Labute approximate surface area is 177 Å². The van der Waals surface area contributed by atoms with Crippen LogP contribution in [-0.2, 0) is 14.0 Å². The summed E-state index contributed by atoms with van der Waals surface area (Å²) in [6.07, 6.45) is 0.919. The van der Waals surface area contributed by atoms with E-state index in [1.165, 1.54) is 12.1 Å². The molecule has 1 aliphatic heterocycles. The van der Waals surface area contributed by atoms with Crippen LogP contribution in [0.5, 0.6) is 0 Å². The van der Waals surface area contributed by atoms with Crippen molar-refractivity contribution in [3.63, 3.8) is 0 Å². The van der Waals surface area contributed by atoms with Crippen molar-refractivity contribution in [3.8, 4) is 0 Å². The lowest BCUT2D eigenvalue weighted by molar-refractivity contribution is 0.00578. The van der Waals surface area contributed by atoms with Crippen molar-refractivity contribution in [3.05, 3.63) is 40.6 Å². The van der Waals surface area contributed by atoms with Gasteiger partial charge in [0, 0.05) is 12.1 Å². The maximum atomic E-state index is 13.9. The molecule has 1 aromatic carbocycles. The quantitative estimate of drug-likeness (QED) is 0.711. The minimum absolute atomic E-state index is 0.000452. The molecule has 0 aliphatic carbocycles. The predicted octanol–water partition coefficient (Wildman–Crippen LogP) is 3.46. The van der Waals surface area contributed by atoms with Crippen LogP contribution in [-0.4, -0.2) is 42.5 Å². The van der Waals surface area contributed by atoms with E-state index in [-0.39, 0.29) is 17.7 Å². The first-order valence-electron chi connectivity index (χ1n) is 9.73. The van der Waals surface area contributed by atoms with Crippen LogP contribution < -0.4 is 11.1 Å². The Morgan fingerprint density at radius 2 is 1.77 bits per heavy atom. The molecule has 7 nitrogen and oxygen atoms in total. The van der Waals surface area contributed by atoms with E-state index in [9.17, 15) is 14.0 Å². The number of nitrogens with one attached hydrogen (secondary N) is 1. The summed E-state index contributed by atoms with van der Waals surface area (Å²) in [4.78, 5) is 23.9. The Bertz CT molecular complexity index is 845. The van der Waals surface area contributed by atoms with E-state index < -0.39 is 41.7 Å². The first-order chi connectivity index (χ1) is 13.6. The molecule has 9 heteroatoms. The second kappa shape index (κ2) is 8.39. The van der Waals surface area contributed by atoms with Crippen molar-refractivity contribution in [2.45, 2.75) is 65.3 Å². The first-order valence-corrected chi connectivity index (χ1v) is 9.73. The molecule has 0 atom stereocenters. The molecule has 2 amide bonds. The van der Waals surface area contributed by atoms with Crippen LogP contribution in [0.4, 0.5) is 9.18 Å². The minimum atomic E-state index is -0.825. The van der Waals surface area contributed by atoms with Crippen LogP contribution in [0.2, 0.25) is 0 Å². The van der Waals surface area contributed by atoms with Crippen molar-refractivity contribution in [1.82, 2.24) is 5.32 Å². The van der Waals surface area contributed by atoms with Gasteiger partial charge in [0.05, 0.1) is 11.2 Å². The van der Waals surface area contributed by atoms with Crippen LogP contribution in [0.15, 0.2) is 23.7 Å². The van der Waals surface area contributed by atoms with Crippen molar-refractivity contribution in [2.75, 3.05) is 6.54 Å². The van der Waals surface area contributed by atoms with Gasteiger partial charge in [0.25, 0.3) is 0 Å². The van der Waals surface area contributed by atoms with E-state index in [4.69, 9.17) is 19.8 Å². The van der Waals surface area contributed by atoms with E-state index in [0.717, 1.165) is 6.07 Å². The maximum Gasteiger partial charge on any atom is 0.492 e. The third-order valence-corrected chi connectivity index (χ3v) is 5.01. The molecule has 0 unspecified atom stereocenters. The van der Waals surface area contributed by atoms with Crippen molar-refractivity contribution in [1.29, 1.82) is 0 Å². The molecule has 0 saturated carbocycles. The Morgan fingerprint density at radius 1 is 1.20 bits per heavy atom. The normalized spacial score (nSPS) is 18.3. The third-order valence-electron chi connectivity index (χ3n) is 5.01.